The molecule has 2 aromatic rings. The third kappa shape index (κ3) is 4.50. The quantitative estimate of drug-likeness (QED) is 0.574. The van der Waals surface area contributed by atoms with E-state index in [-0.39, 0.29) is 42.6 Å². The number of benzene rings is 1. The summed E-state index contributed by atoms with van der Waals surface area (Å²) in [4.78, 5) is 42.6. The second kappa shape index (κ2) is 8.71. The van der Waals surface area contributed by atoms with E-state index in [0.717, 1.165) is 27.3 Å². The van der Waals surface area contributed by atoms with Gasteiger partial charge in [0.1, 0.15) is 12.3 Å². The summed E-state index contributed by atoms with van der Waals surface area (Å²) in [5.74, 6) is -0.284. The number of allylic oxidation sites excluding steroid dienone is 2. The van der Waals surface area contributed by atoms with Crippen molar-refractivity contribution in [2.75, 3.05) is 6.54 Å². The number of nitrogens with one attached hydrogen (secondary N) is 1. The third-order valence-electron chi connectivity index (χ3n) is 5.75. The summed E-state index contributed by atoms with van der Waals surface area (Å²) >= 11 is 0. The van der Waals surface area contributed by atoms with E-state index in [9.17, 15) is 14.4 Å². The van der Waals surface area contributed by atoms with E-state index < -0.39 is 0 Å². The van der Waals surface area contributed by atoms with Crippen molar-refractivity contribution in [2.24, 2.45) is 11.8 Å². The highest BCUT2D eigenvalue weighted by Crippen LogP contribution is 2.34. The highest BCUT2D eigenvalue weighted by molar-refractivity contribution is 6.07. The highest BCUT2D eigenvalue weighted by Gasteiger charge is 2.47. The Kier molecular flexibility index (Phi) is 5.84. The molecule has 0 saturated carbocycles. The summed E-state index contributed by atoms with van der Waals surface area (Å²) in [5.41, 5.74) is 2.91. The smallest absolute Gasteiger partial charge is 0.240 e. The maximum atomic E-state index is 12.5. The third-order valence-corrected chi connectivity index (χ3v) is 5.75. The van der Waals surface area contributed by atoms with Gasteiger partial charge in [-0.1, -0.05) is 30.4 Å². The van der Waals surface area contributed by atoms with E-state index in [1.54, 1.807) is 12.3 Å². The first-order valence-corrected chi connectivity index (χ1v) is 10.4. The van der Waals surface area contributed by atoms with E-state index in [2.05, 4.69) is 10.3 Å². The maximum absolute atomic E-state index is 12.5. The summed E-state index contributed by atoms with van der Waals surface area (Å²) in [6, 6.07) is 9.54. The lowest BCUT2D eigenvalue weighted by Gasteiger charge is -2.14. The van der Waals surface area contributed by atoms with Crippen molar-refractivity contribution >= 4 is 17.7 Å². The number of hydrogen-bond acceptors (Lipinski definition) is 5. The number of fused-ring (bicyclic) bond motifs is 1. The van der Waals surface area contributed by atoms with Gasteiger partial charge >= 0.3 is 0 Å². The zero-order valence-corrected chi connectivity index (χ0v) is 17.6. The predicted octanol–water partition coefficient (Wildman–Crippen LogP) is 3.06. The molecule has 1 N–H and O–H groups in total. The molecule has 7 heteroatoms. The number of aromatic nitrogens is 1. The number of hydrogen-bond donors (Lipinski definition) is 1. The van der Waals surface area contributed by atoms with Crippen molar-refractivity contribution in [2.45, 2.75) is 33.2 Å². The van der Waals surface area contributed by atoms with E-state index in [4.69, 9.17) is 4.74 Å². The number of carbonyl (C=O) groups excluding carboxylic acids is 3. The van der Waals surface area contributed by atoms with Crippen molar-refractivity contribution in [3.63, 3.8) is 0 Å². The summed E-state index contributed by atoms with van der Waals surface area (Å²) < 4.78 is 5.84. The van der Waals surface area contributed by atoms with Gasteiger partial charge in [0.15, 0.2) is 0 Å². The van der Waals surface area contributed by atoms with Crippen LogP contribution in [0.15, 0.2) is 48.7 Å². The van der Waals surface area contributed by atoms with Crippen LogP contribution >= 0.6 is 0 Å². The molecule has 7 nitrogen and oxygen atoms in total. The fourth-order valence-corrected chi connectivity index (χ4v) is 3.93. The van der Waals surface area contributed by atoms with Crippen LogP contribution in [0.4, 0.5) is 0 Å². The summed E-state index contributed by atoms with van der Waals surface area (Å²) in [6.07, 6.45) is 6.62. The van der Waals surface area contributed by atoms with Gasteiger partial charge in [-0.2, -0.15) is 0 Å². The minimum absolute atomic E-state index is 0.244. The fourth-order valence-electron chi connectivity index (χ4n) is 3.93. The van der Waals surface area contributed by atoms with Crippen LogP contribution in [0.25, 0.3) is 0 Å². The van der Waals surface area contributed by atoms with Crippen molar-refractivity contribution < 1.29 is 19.1 Å². The van der Waals surface area contributed by atoms with Gasteiger partial charge in [0, 0.05) is 18.8 Å². The standard InChI is InChI=1S/C24H25N3O4/c1-15-7-8-16(2)20(11-15)31-22-10-9-17(13-26-22)12-25-21(28)14-27-23(29)18-5-3-4-6-19(18)24(27)30/h3-4,7-11,13,18-19H,5-6,12,14H2,1-2H3,(H,25,28). The number of likely N-dealkylation sites (tertiary alicyclic amines) is 1. The van der Waals surface area contributed by atoms with E-state index in [0.29, 0.717) is 18.7 Å². The van der Waals surface area contributed by atoms with Crippen molar-refractivity contribution in [3.8, 4) is 11.6 Å². The predicted molar refractivity (Wildman–Crippen MR) is 114 cm³/mol. The minimum atomic E-state index is -0.371. The van der Waals surface area contributed by atoms with Crippen LogP contribution in [0, 0.1) is 25.7 Å². The maximum Gasteiger partial charge on any atom is 0.240 e. The Morgan fingerprint density at radius 3 is 2.45 bits per heavy atom. The summed E-state index contributed by atoms with van der Waals surface area (Å²) in [5, 5.41) is 2.75. The van der Waals surface area contributed by atoms with Crippen molar-refractivity contribution in [1.29, 1.82) is 0 Å². The van der Waals surface area contributed by atoms with Crippen LogP contribution in [-0.4, -0.2) is 34.2 Å². The Morgan fingerprint density at radius 2 is 1.81 bits per heavy atom. The normalized spacial score (nSPS) is 20.0. The Morgan fingerprint density at radius 1 is 1.10 bits per heavy atom. The molecule has 1 aliphatic carbocycles. The number of rotatable bonds is 6. The molecule has 160 valence electrons. The van der Waals surface area contributed by atoms with Gasteiger partial charge in [-0.15, -0.1) is 0 Å². The average Bonchev–Trinajstić information content (AvgIpc) is 3.01. The second-order valence-corrected chi connectivity index (χ2v) is 8.07. The molecule has 4 rings (SSSR count). The Bertz CT molecular complexity index is 1020. The molecule has 2 atom stereocenters. The minimum Gasteiger partial charge on any atom is -0.439 e. The first-order valence-electron chi connectivity index (χ1n) is 10.4. The van der Waals surface area contributed by atoms with Crippen LogP contribution in [0.5, 0.6) is 11.6 Å². The van der Waals surface area contributed by atoms with E-state index >= 15 is 0 Å². The first-order chi connectivity index (χ1) is 14.9. The molecule has 1 saturated heterocycles. The summed E-state index contributed by atoms with van der Waals surface area (Å²) in [7, 11) is 0. The molecule has 2 heterocycles. The van der Waals surface area contributed by atoms with Crippen molar-refractivity contribution in [1.82, 2.24) is 15.2 Å². The highest BCUT2D eigenvalue weighted by atomic mass is 16.5. The number of ether oxygens (including phenoxy) is 1. The van der Waals surface area contributed by atoms with Crippen LogP contribution in [0.2, 0.25) is 0 Å². The SMILES string of the molecule is Cc1ccc(C)c(Oc2ccc(CNC(=O)CN3C(=O)C4CC=CCC4C3=O)cn2)c1. The van der Waals surface area contributed by atoms with Crippen molar-refractivity contribution in [3.05, 3.63) is 65.4 Å². The molecule has 1 aliphatic heterocycles. The molecular weight excluding hydrogens is 394 g/mol. The van der Waals surface area contributed by atoms with Crippen LogP contribution < -0.4 is 10.1 Å². The molecular formula is C24H25N3O4. The number of carbonyl (C=O) groups is 3. The van der Waals surface area contributed by atoms with Crippen LogP contribution in [0.1, 0.15) is 29.5 Å². The van der Waals surface area contributed by atoms with Crippen LogP contribution in [0.3, 0.4) is 0 Å². The summed E-state index contributed by atoms with van der Waals surface area (Å²) in [6.45, 7) is 3.98. The molecule has 3 amide bonds. The molecule has 0 radical (unpaired) electrons. The van der Waals surface area contributed by atoms with Gasteiger partial charge in [-0.25, -0.2) is 4.98 Å². The van der Waals surface area contributed by atoms with Gasteiger partial charge in [0.05, 0.1) is 11.8 Å². The van der Waals surface area contributed by atoms with Gasteiger partial charge in [-0.05, 0) is 49.4 Å². The number of pyridine rings is 1. The van der Waals surface area contributed by atoms with E-state index in [1.165, 1.54) is 0 Å². The first kappa shape index (κ1) is 20.8. The zero-order valence-electron chi connectivity index (χ0n) is 17.6. The molecule has 2 unspecified atom stereocenters. The second-order valence-electron chi connectivity index (χ2n) is 8.07. The van der Waals surface area contributed by atoms with Gasteiger partial charge < -0.3 is 10.1 Å². The van der Waals surface area contributed by atoms with Gasteiger partial charge in [0.25, 0.3) is 0 Å². The number of aryl methyl sites for hydroxylation is 2. The fraction of sp³-hybridized carbons (Fsp3) is 0.333. The number of nitrogens with zero attached hydrogens (tertiary/aromatic N) is 2. The largest absolute Gasteiger partial charge is 0.439 e. The molecule has 31 heavy (non-hydrogen) atoms. The monoisotopic (exact) mass is 419 g/mol. The number of amides is 3. The topological polar surface area (TPSA) is 88.6 Å². The lowest BCUT2D eigenvalue weighted by atomic mass is 9.85. The molecule has 1 aromatic heterocycles. The Labute approximate surface area is 181 Å². The van der Waals surface area contributed by atoms with E-state index in [1.807, 2.05) is 50.3 Å². The van der Waals surface area contributed by atoms with Crippen LogP contribution in [-0.2, 0) is 20.9 Å². The molecule has 2 aliphatic rings. The molecule has 0 spiro atoms. The molecule has 1 aromatic carbocycles. The zero-order chi connectivity index (χ0) is 22.0. The molecule has 0 bridgehead atoms. The Balaban J connectivity index is 1.30. The average molecular weight is 419 g/mol. The lowest BCUT2D eigenvalue weighted by Crippen LogP contribution is -2.40. The number of imide groups is 1. The lowest BCUT2D eigenvalue weighted by molar-refractivity contribution is -0.143. The van der Waals surface area contributed by atoms with Gasteiger partial charge in [-0.3, -0.25) is 19.3 Å². The van der Waals surface area contributed by atoms with Gasteiger partial charge in [0.2, 0.25) is 23.6 Å². The molecule has 1 fully saturated rings. The Hall–Kier alpha value is -3.48.